The zero-order valence-electron chi connectivity index (χ0n) is 14.5. The molecule has 0 bridgehead atoms. The molecule has 134 valence electrons. The molecule has 6 heteroatoms. The summed E-state index contributed by atoms with van der Waals surface area (Å²) < 4.78 is 16.1. The summed E-state index contributed by atoms with van der Waals surface area (Å²) in [5, 5.41) is 11.2. The van der Waals surface area contributed by atoms with Gasteiger partial charge in [0.05, 0.1) is 37.5 Å². The summed E-state index contributed by atoms with van der Waals surface area (Å²) in [5.74, 6) is 1.52. The lowest BCUT2D eigenvalue weighted by Crippen LogP contribution is -2.05. The first-order valence-corrected chi connectivity index (χ1v) is 8.32. The number of aliphatic hydroxyl groups is 1. The van der Waals surface area contributed by atoms with Gasteiger partial charge >= 0.3 is 0 Å². The number of halogens is 2. The lowest BCUT2D eigenvalue weighted by atomic mass is 9.97. The molecule has 0 saturated carbocycles. The van der Waals surface area contributed by atoms with Gasteiger partial charge in [-0.05, 0) is 54.0 Å². The minimum Gasteiger partial charge on any atom is -0.493 e. The van der Waals surface area contributed by atoms with Crippen LogP contribution in [0.4, 0.5) is 0 Å². The molecule has 0 aromatic heterocycles. The van der Waals surface area contributed by atoms with Crippen molar-refractivity contribution in [2.45, 2.75) is 13.0 Å². The van der Waals surface area contributed by atoms with Crippen molar-refractivity contribution in [2.24, 2.45) is 0 Å². The first-order chi connectivity index (χ1) is 11.9. The molecule has 0 aliphatic heterocycles. The van der Waals surface area contributed by atoms with Crippen molar-refractivity contribution in [1.29, 1.82) is 0 Å². The van der Waals surface area contributed by atoms with Gasteiger partial charge in [0.1, 0.15) is 0 Å². The molecule has 0 spiro atoms. The summed E-state index contributed by atoms with van der Waals surface area (Å²) >= 11 is 12.0. The van der Waals surface area contributed by atoms with Gasteiger partial charge in [0.2, 0.25) is 5.75 Å². The normalized spacial score (nSPS) is 12.7. The van der Waals surface area contributed by atoms with E-state index in [1.165, 1.54) is 0 Å². The van der Waals surface area contributed by atoms with Gasteiger partial charge in [-0.25, -0.2) is 0 Å². The highest BCUT2D eigenvalue weighted by atomic mass is 35.5. The average molecular weight is 383 g/mol. The fraction of sp³-hybridized carbons (Fsp3) is 0.263. The topological polar surface area (TPSA) is 47.9 Å². The first kappa shape index (κ1) is 19.4. The van der Waals surface area contributed by atoms with E-state index in [-0.39, 0.29) is 0 Å². The standard InChI is InChI=1S/C19H20Cl2O4/c1-11(22)14(7-12-5-6-15(20)16(21)8-12)13-9-17(23-2)19(25-4)18(10-13)24-3/h5-11,22H,1-4H3/b14-7+. The van der Waals surface area contributed by atoms with E-state index in [0.29, 0.717) is 32.9 Å². The maximum Gasteiger partial charge on any atom is 0.203 e. The lowest BCUT2D eigenvalue weighted by Gasteiger charge is -2.17. The third-order valence-electron chi connectivity index (χ3n) is 3.71. The summed E-state index contributed by atoms with van der Waals surface area (Å²) in [7, 11) is 4.64. The van der Waals surface area contributed by atoms with Crippen LogP contribution in [0.2, 0.25) is 10.0 Å². The molecule has 0 fully saturated rings. The molecule has 0 radical (unpaired) electrons. The van der Waals surface area contributed by atoms with E-state index in [9.17, 15) is 5.11 Å². The van der Waals surface area contributed by atoms with E-state index in [4.69, 9.17) is 37.4 Å². The van der Waals surface area contributed by atoms with Crippen LogP contribution in [0.5, 0.6) is 17.2 Å². The fourth-order valence-corrected chi connectivity index (χ4v) is 2.78. The summed E-state index contributed by atoms with van der Waals surface area (Å²) in [6.45, 7) is 1.69. The third kappa shape index (κ3) is 4.40. The van der Waals surface area contributed by atoms with E-state index in [1.54, 1.807) is 52.5 Å². The Labute approximate surface area is 157 Å². The Morgan fingerprint density at radius 3 is 2.00 bits per heavy atom. The molecule has 25 heavy (non-hydrogen) atoms. The summed E-state index contributed by atoms with van der Waals surface area (Å²) in [6, 6.07) is 8.86. The monoisotopic (exact) mass is 382 g/mol. The van der Waals surface area contributed by atoms with Crippen molar-refractivity contribution >= 4 is 34.9 Å². The lowest BCUT2D eigenvalue weighted by molar-refractivity contribution is 0.254. The Hall–Kier alpha value is -1.88. The van der Waals surface area contributed by atoms with Crippen LogP contribution in [0.15, 0.2) is 30.3 Å². The van der Waals surface area contributed by atoms with Gasteiger partial charge in [0.15, 0.2) is 11.5 Å². The Balaban J connectivity index is 2.60. The Morgan fingerprint density at radius 1 is 0.960 bits per heavy atom. The molecule has 2 aromatic carbocycles. The predicted octanol–water partition coefficient (Wildman–Crippen LogP) is 4.94. The Bertz CT molecular complexity index is 760. The third-order valence-corrected chi connectivity index (χ3v) is 4.45. The molecule has 1 atom stereocenters. The van der Waals surface area contributed by atoms with E-state index < -0.39 is 6.10 Å². The van der Waals surface area contributed by atoms with Crippen LogP contribution in [0.25, 0.3) is 11.6 Å². The minimum atomic E-state index is -0.725. The van der Waals surface area contributed by atoms with E-state index in [1.807, 2.05) is 12.1 Å². The van der Waals surface area contributed by atoms with Gasteiger partial charge in [0, 0.05) is 0 Å². The highest BCUT2D eigenvalue weighted by Gasteiger charge is 2.17. The van der Waals surface area contributed by atoms with Crippen LogP contribution in [0.1, 0.15) is 18.1 Å². The maximum atomic E-state index is 10.3. The van der Waals surface area contributed by atoms with Crippen molar-refractivity contribution < 1.29 is 19.3 Å². The SMILES string of the molecule is COc1cc(/C(=C/c2ccc(Cl)c(Cl)c2)C(C)O)cc(OC)c1OC. The van der Waals surface area contributed by atoms with Crippen LogP contribution >= 0.6 is 23.2 Å². The van der Waals surface area contributed by atoms with Gasteiger partial charge in [-0.15, -0.1) is 0 Å². The van der Waals surface area contributed by atoms with Gasteiger partial charge in [-0.2, -0.15) is 0 Å². The second-order valence-electron chi connectivity index (χ2n) is 5.36. The number of hydrogen-bond donors (Lipinski definition) is 1. The molecule has 4 nitrogen and oxygen atoms in total. The molecule has 0 saturated heterocycles. The highest BCUT2D eigenvalue weighted by Crippen LogP contribution is 2.40. The average Bonchev–Trinajstić information content (AvgIpc) is 2.60. The quantitative estimate of drug-likeness (QED) is 0.718. The highest BCUT2D eigenvalue weighted by molar-refractivity contribution is 6.42. The molecule has 0 aliphatic rings. The van der Waals surface area contributed by atoms with E-state index in [2.05, 4.69) is 0 Å². The van der Waals surface area contributed by atoms with Crippen molar-refractivity contribution in [1.82, 2.24) is 0 Å². The maximum absolute atomic E-state index is 10.3. The number of aliphatic hydroxyl groups excluding tert-OH is 1. The number of ether oxygens (including phenoxy) is 3. The molecule has 0 heterocycles. The number of methoxy groups -OCH3 is 3. The second-order valence-corrected chi connectivity index (χ2v) is 6.18. The summed E-state index contributed by atoms with van der Waals surface area (Å²) in [5.41, 5.74) is 2.24. The van der Waals surface area contributed by atoms with Crippen molar-refractivity contribution in [3.63, 3.8) is 0 Å². The number of rotatable bonds is 6. The molecule has 0 aliphatic carbocycles. The first-order valence-electron chi connectivity index (χ1n) is 7.56. The van der Waals surface area contributed by atoms with Crippen molar-refractivity contribution in [3.05, 3.63) is 51.5 Å². The molecule has 1 N–H and O–H groups in total. The van der Waals surface area contributed by atoms with Gasteiger partial charge in [-0.1, -0.05) is 29.3 Å². The number of hydrogen-bond acceptors (Lipinski definition) is 4. The van der Waals surface area contributed by atoms with Crippen LogP contribution in [-0.2, 0) is 0 Å². The van der Waals surface area contributed by atoms with Gasteiger partial charge in [-0.3, -0.25) is 0 Å². The molecule has 2 rings (SSSR count). The van der Waals surface area contributed by atoms with Crippen LogP contribution in [0.3, 0.4) is 0 Å². The smallest absolute Gasteiger partial charge is 0.203 e. The summed E-state index contributed by atoms with van der Waals surface area (Å²) in [4.78, 5) is 0. The fourth-order valence-electron chi connectivity index (χ4n) is 2.47. The number of benzene rings is 2. The summed E-state index contributed by atoms with van der Waals surface area (Å²) in [6.07, 6.45) is 1.12. The minimum absolute atomic E-state index is 0.449. The van der Waals surface area contributed by atoms with Crippen LogP contribution < -0.4 is 14.2 Å². The molecular formula is C19H20Cl2O4. The van der Waals surface area contributed by atoms with Crippen molar-refractivity contribution in [2.75, 3.05) is 21.3 Å². The largest absolute Gasteiger partial charge is 0.493 e. The van der Waals surface area contributed by atoms with E-state index >= 15 is 0 Å². The molecule has 0 amide bonds. The molecule has 1 unspecified atom stereocenters. The zero-order valence-corrected chi connectivity index (χ0v) is 16.0. The molecular weight excluding hydrogens is 363 g/mol. The van der Waals surface area contributed by atoms with Gasteiger partial charge < -0.3 is 19.3 Å². The zero-order chi connectivity index (χ0) is 18.6. The molecule has 2 aromatic rings. The van der Waals surface area contributed by atoms with E-state index in [0.717, 1.165) is 11.1 Å². The van der Waals surface area contributed by atoms with Crippen LogP contribution in [0, 0.1) is 0 Å². The van der Waals surface area contributed by atoms with Crippen LogP contribution in [-0.4, -0.2) is 32.5 Å². The van der Waals surface area contributed by atoms with Crippen molar-refractivity contribution in [3.8, 4) is 17.2 Å². The van der Waals surface area contributed by atoms with Gasteiger partial charge in [0.25, 0.3) is 0 Å². The predicted molar refractivity (Wildman–Crippen MR) is 102 cm³/mol. The Morgan fingerprint density at radius 2 is 1.56 bits per heavy atom. The Kier molecular flexibility index (Phi) is 6.59. The second kappa shape index (κ2) is 8.48.